The molecule has 0 bridgehead atoms. The van der Waals surface area contributed by atoms with Crippen molar-refractivity contribution < 1.29 is 17.9 Å². The predicted molar refractivity (Wildman–Crippen MR) is 96.0 cm³/mol. The predicted octanol–water partition coefficient (Wildman–Crippen LogP) is 1.51. The molecule has 0 aliphatic carbocycles. The maximum absolute atomic E-state index is 12.6. The molecule has 2 atom stereocenters. The number of carbonyl (C=O) groups excluding carboxylic acids is 1. The number of hydrogen-bond donors (Lipinski definition) is 0. The Labute approximate surface area is 149 Å². The van der Waals surface area contributed by atoms with Crippen molar-refractivity contribution >= 4 is 15.9 Å². The van der Waals surface area contributed by atoms with Crippen molar-refractivity contribution in [3.8, 4) is 5.75 Å². The van der Waals surface area contributed by atoms with Crippen molar-refractivity contribution in [3.63, 3.8) is 0 Å². The summed E-state index contributed by atoms with van der Waals surface area (Å²) in [4.78, 5) is 14.5. The second-order valence-corrected chi connectivity index (χ2v) is 8.93. The molecule has 0 unspecified atom stereocenters. The van der Waals surface area contributed by atoms with Gasteiger partial charge in [0.2, 0.25) is 15.9 Å². The van der Waals surface area contributed by atoms with E-state index < -0.39 is 10.0 Å². The highest BCUT2D eigenvalue weighted by Gasteiger charge is 2.46. The highest BCUT2D eigenvalue weighted by Crippen LogP contribution is 2.34. The highest BCUT2D eigenvalue weighted by molar-refractivity contribution is 7.90. The molecule has 0 saturated carbocycles. The molecule has 1 aromatic carbocycles. The van der Waals surface area contributed by atoms with Gasteiger partial charge in [-0.1, -0.05) is 19.1 Å². The van der Waals surface area contributed by atoms with Gasteiger partial charge in [0.1, 0.15) is 5.75 Å². The summed E-state index contributed by atoms with van der Waals surface area (Å²) in [6.45, 7) is 4.17. The van der Waals surface area contributed by atoms with Crippen LogP contribution in [0.15, 0.2) is 24.3 Å². The van der Waals surface area contributed by atoms with Crippen LogP contribution in [-0.4, -0.2) is 62.1 Å². The SMILES string of the molecule is CCN1C[C@@H]2CCN(C(=O)Cc3cccc(OC)c3)CC[C@@H]2S1(=O)=O. The zero-order valence-electron chi connectivity index (χ0n) is 14.8. The number of carbonyl (C=O) groups is 1. The molecule has 0 N–H and O–H groups in total. The number of fused-ring (bicyclic) bond motifs is 1. The Kier molecular flexibility index (Phi) is 5.34. The molecule has 7 heteroatoms. The standard InChI is InChI=1S/C18H26N2O4S/c1-3-20-13-15-7-9-19(10-8-17(15)25(20,22)23)18(21)12-14-5-4-6-16(11-14)24-2/h4-6,11,15,17H,3,7-10,12-13H2,1-2H3/t15-,17-/m0/s1. The van der Waals surface area contributed by atoms with Crippen molar-refractivity contribution in [2.45, 2.75) is 31.4 Å². The number of amides is 1. The average molecular weight is 366 g/mol. The molecule has 6 nitrogen and oxygen atoms in total. The Hall–Kier alpha value is -1.60. The lowest BCUT2D eigenvalue weighted by molar-refractivity contribution is -0.130. The Morgan fingerprint density at radius 3 is 2.76 bits per heavy atom. The normalized spacial score (nSPS) is 26.1. The molecule has 2 saturated heterocycles. The van der Waals surface area contributed by atoms with Gasteiger partial charge in [0.25, 0.3) is 0 Å². The van der Waals surface area contributed by atoms with Crippen LogP contribution in [0.1, 0.15) is 25.3 Å². The fourth-order valence-corrected chi connectivity index (χ4v) is 6.18. The first-order valence-corrected chi connectivity index (χ1v) is 10.4. The van der Waals surface area contributed by atoms with Crippen molar-refractivity contribution in [2.75, 3.05) is 33.3 Å². The van der Waals surface area contributed by atoms with E-state index in [0.717, 1.165) is 17.7 Å². The third-order valence-corrected chi connectivity index (χ3v) is 7.87. The number of likely N-dealkylation sites (tertiary alicyclic amines) is 1. The second kappa shape index (κ2) is 7.33. The van der Waals surface area contributed by atoms with Crippen LogP contribution in [0.3, 0.4) is 0 Å². The van der Waals surface area contributed by atoms with E-state index in [-0.39, 0.29) is 17.1 Å². The minimum Gasteiger partial charge on any atom is -0.497 e. The summed E-state index contributed by atoms with van der Waals surface area (Å²) < 4.78 is 31.9. The maximum Gasteiger partial charge on any atom is 0.226 e. The van der Waals surface area contributed by atoms with E-state index in [9.17, 15) is 13.2 Å². The lowest BCUT2D eigenvalue weighted by Gasteiger charge is -2.22. The van der Waals surface area contributed by atoms with Gasteiger partial charge in [-0.2, -0.15) is 0 Å². The fourth-order valence-electron chi connectivity index (χ4n) is 3.92. The quantitative estimate of drug-likeness (QED) is 0.810. The van der Waals surface area contributed by atoms with Gasteiger partial charge in [0, 0.05) is 26.2 Å². The van der Waals surface area contributed by atoms with Gasteiger partial charge in [-0.25, -0.2) is 12.7 Å². The molecule has 0 spiro atoms. The van der Waals surface area contributed by atoms with Crippen LogP contribution < -0.4 is 4.74 Å². The molecule has 2 aliphatic rings. The van der Waals surface area contributed by atoms with Crippen LogP contribution in [-0.2, 0) is 21.2 Å². The van der Waals surface area contributed by atoms with E-state index in [1.165, 1.54) is 0 Å². The monoisotopic (exact) mass is 366 g/mol. The minimum absolute atomic E-state index is 0.0537. The summed E-state index contributed by atoms with van der Waals surface area (Å²) in [5.74, 6) is 0.930. The molecule has 0 aromatic heterocycles. The summed E-state index contributed by atoms with van der Waals surface area (Å²) in [6.07, 6.45) is 1.61. The molecular formula is C18H26N2O4S. The molecular weight excluding hydrogens is 340 g/mol. The van der Waals surface area contributed by atoms with Gasteiger partial charge in [-0.3, -0.25) is 4.79 Å². The molecule has 0 radical (unpaired) electrons. The van der Waals surface area contributed by atoms with Gasteiger partial charge in [-0.15, -0.1) is 0 Å². The van der Waals surface area contributed by atoms with E-state index in [0.29, 0.717) is 39.0 Å². The molecule has 25 heavy (non-hydrogen) atoms. The van der Waals surface area contributed by atoms with Gasteiger partial charge in [0.15, 0.2) is 0 Å². The van der Waals surface area contributed by atoms with Crippen LogP contribution in [0.25, 0.3) is 0 Å². The Morgan fingerprint density at radius 1 is 1.28 bits per heavy atom. The third kappa shape index (κ3) is 3.67. The van der Waals surface area contributed by atoms with Gasteiger partial charge in [-0.05, 0) is 36.5 Å². The number of nitrogens with zero attached hydrogens (tertiary/aromatic N) is 2. The Balaban J connectivity index is 1.65. The lowest BCUT2D eigenvalue weighted by atomic mass is 10.0. The van der Waals surface area contributed by atoms with Crippen molar-refractivity contribution in [3.05, 3.63) is 29.8 Å². The summed E-state index contributed by atoms with van der Waals surface area (Å²) >= 11 is 0. The van der Waals surface area contributed by atoms with Crippen molar-refractivity contribution in [1.29, 1.82) is 0 Å². The molecule has 1 aromatic rings. The van der Waals surface area contributed by atoms with Crippen molar-refractivity contribution in [2.24, 2.45) is 5.92 Å². The zero-order valence-corrected chi connectivity index (χ0v) is 15.7. The van der Waals surface area contributed by atoms with Crippen LogP contribution in [0, 0.1) is 5.92 Å². The van der Waals surface area contributed by atoms with E-state index >= 15 is 0 Å². The summed E-state index contributed by atoms with van der Waals surface area (Å²) in [5.41, 5.74) is 0.915. The third-order valence-electron chi connectivity index (χ3n) is 5.35. The Morgan fingerprint density at radius 2 is 2.04 bits per heavy atom. The molecule has 3 rings (SSSR count). The van der Waals surface area contributed by atoms with E-state index in [4.69, 9.17) is 4.74 Å². The van der Waals surface area contributed by atoms with Crippen LogP contribution in [0.2, 0.25) is 0 Å². The largest absolute Gasteiger partial charge is 0.497 e. The first-order valence-electron chi connectivity index (χ1n) is 8.85. The summed E-state index contributed by atoms with van der Waals surface area (Å²) in [5, 5.41) is -0.331. The average Bonchev–Trinajstić information content (AvgIpc) is 2.75. The summed E-state index contributed by atoms with van der Waals surface area (Å²) in [7, 11) is -1.59. The second-order valence-electron chi connectivity index (χ2n) is 6.78. The number of hydrogen-bond acceptors (Lipinski definition) is 4. The molecule has 1 amide bonds. The van der Waals surface area contributed by atoms with Gasteiger partial charge in [0.05, 0.1) is 18.8 Å². The molecule has 2 fully saturated rings. The van der Waals surface area contributed by atoms with Gasteiger partial charge < -0.3 is 9.64 Å². The Bertz CT molecular complexity index is 734. The minimum atomic E-state index is -3.20. The van der Waals surface area contributed by atoms with Crippen LogP contribution in [0.5, 0.6) is 5.75 Å². The number of benzene rings is 1. The van der Waals surface area contributed by atoms with E-state index in [1.54, 1.807) is 11.4 Å². The first kappa shape index (κ1) is 18.2. The number of methoxy groups -OCH3 is 1. The highest BCUT2D eigenvalue weighted by atomic mass is 32.2. The smallest absolute Gasteiger partial charge is 0.226 e. The van der Waals surface area contributed by atoms with E-state index in [1.807, 2.05) is 36.1 Å². The topological polar surface area (TPSA) is 66.9 Å². The molecule has 138 valence electrons. The van der Waals surface area contributed by atoms with Gasteiger partial charge >= 0.3 is 0 Å². The molecule has 2 aliphatic heterocycles. The van der Waals surface area contributed by atoms with Crippen LogP contribution >= 0.6 is 0 Å². The summed E-state index contributed by atoms with van der Waals surface area (Å²) in [6, 6.07) is 7.51. The van der Waals surface area contributed by atoms with Crippen LogP contribution in [0.4, 0.5) is 0 Å². The number of sulfonamides is 1. The fraction of sp³-hybridized carbons (Fsp3) is 0.611. The first-order chi connectivity index (χ1) is 12.0. The number of rotatable bonds is 4. The zero-order chi connectivity index (χ0) is 18.0. The molecule has 2 heterocycles. The van der Waals surface area contributed by atoms with E-state index in [2.05, 4.69) is 0 Å². The number of ether oxygens (including phenoxy) is 1. The lowest BCUT2D eigenvalue weighted by Crippen LogP contribution is -2.35. The van der Waals surface area contributed by atoms with Crippen molar-refractivity contribution in [1.82, 2.24) is 9.21 Å². The maximum atomic E-state index is 12.6.